The van der Waals surface area contributed by atoms with Crippen LogP contribution in [0.25, 0.3) is 0 Å². The molecule has 0 aliphatic carbocycles. The highest BCUT2D eigenvalue weighted by Crippen LogP contribution is 2.36. The second-order valence-corrected chi connectivity index (χ2v) is 6.24. The molecule has 2 rings (SSSR count). The first-order chi connectivity index (χ1) is 9.52. The monoisotopic (exact) mass is 307 g/mol. The zero-order chi connectivity index (χ0) is 14.7. The molecule has 0 aliphatic heterocycles. The molecule has 1 unspecified atom stereocenters. The van der Waals surface area contributed by atoms with Crippen molar-refractivity contribution in [3.63, 3.8) is 0 Å². The maximum Gasteiger partial charge on any atom is 0.188 e. The van der Waals surface area contributed by atoms with E-state index in [1.54, 1.807) is 11.8 Å². The van der Waals surface area contributed by atoms with Crippen molar-refractivity contribution in [2.45, 2.75) is 31.2 Å². The molecule has 1 aromatic heterocycles. The SMILES string of the molecule is Cc1nc(SC(CN)c2ccccc2Cl)nc(C)c1C. The number of nitrogens with two attached hydrogens (primary N) is 1. The Kier molecular flexibility index (Phi) is 5.02. The Morgan fingerprint density at radius 2 is 1.75 bits per heavy atom. The third-order valence-electron chi connectivity index (χ3n) is 3.33. The zero-order valence-electron chi connectivity index (χ0n) is 11.9. The van der Waals surface area contributed by atoms with Crippen LogP contribution in [0.5, 0.6) is 0 Å². The van der Waals surface area contributed by atoms with Crippen LogP contribution in [0.15, 0.2) is 29.4 Å². The maximum absolute atomic E-state index is 6.24. The minimum Gasteiger partial charge on any atom is -0.329 e. The number of halogens is 1. The first-order valence-electron chi connectivity index (χ1n) is 6.46. The average Bonchev–Trinajstić information content (AvgIpc) is 2.43. The summed E-state index contributed by atoms with van der Waals surface area (Å²) >= 11 is 7.80. The van der Waals surface area contributed by atoms with Gasteiger partial charge in [-0.1, -0.05) is 41.6 Å². The third kappa shape index (κ3) is 3.32. The summed E-state index contributed by atoms with van der Waals surface area (Å²) in [5.74, 6) is 0. The largest absolute Gasteiger partial charge is 0.329 e. The third-order valence-corrected chi connectivity index (χ3v) is 4.79. The van der Waals surface area contributed by atoms with Crippen LogP contribution in [0.2, 0.25) is 5.02 Å². The summed E-state index contributed by atoms with van der Waals surface area (Å²) in [4.78, 5) is 9.06. The molecule has 0 bridgehead atoms. The molecule has 106 valence electrons. The molecule has 0 radical (unpaired) electrons. The van der Waals surface area contributed by atoms with Gasteiger partial charge in [0.05, 0.1) is 5.25 Å². The van der Waals surface area contributed by atoms with E-state index in [2.05, 4.69) is 9.97 Å². The van der Waals surface area contributed by atoms with E-state index in [-0.39, 0.29) is 5.25 Å². The van der Waals surface area contributed by atoms with Crippen LogP contribution < -0.4 is 5.73 Å². The predicted octanol–water partition coefficient (Wildman–Crippen LogP) is 3.85. The number of hydrogen-bond donors (Lipinski definition) is 1. The van der Waals surface area contributed by atoms with Crippen LogP contribution in [0.1, 0.15) is 27.8 Å². The Bertz CT molecular complexity index is 593. The standard InChI is InChI=1S/C15H18ClN3S/c1-9-10(2)18-15(19-11(9)3)20-14(8-17)12-6-4-5-7-13(12)16/h4-7,14H,8,17H2,1-3H3. The van der Waals surface area contributed by atoms with E-state index in [1.165, 1.54) is 0 Å². The second-order valence-electron chi connectivity index (χ2n) is 4.67. The van der Waals surface area contributed by atoms with Gasteiger partial charge in [0.25, 0.3) is 0 Å². The number of hydrogen-bond acceptors (Lipinski definition) is 4. The Hall–Kier alpha value is -1.10. The van der Waals surface area contributed by atoms with Crippen LogP contribution in [0, 0.1) is 20.8 Å². The molecule has 0 aliphatic rings. The Labute approximate surface area is 129 Å². The number of nitrogens with zero attached hydrogens (tertiary/aromatic N) is 2. The van der Waals surface area contributed by atoms with Crippen molar-refractivity contribution in [2.24, 2.45) is 5.73 Å². The van der Waals surface area contributed by atoms with E-state index in [0.29, 0.717) is 6.54 Å². The molecule has 0 saturated heterocycles. The van der Waals surface area contributed by atoms with Crippen molar-refractivity contribution in [3.05, 3.63) is 51.8 Å². The summed E-state index contributed by atoms with van der Waals surface area (Å²) in [5, 5.41) is 1.54. The maximum atomic E-state index is 6.24. The highest BCUT2D eigenvalue weighted by molar-refractivity contribution is 7.99. The van der Waals surface area contributed by atoms with Gasteiger partial charge >= 0.3 is 0 Å². The van der Waals surface area contributed by atoms with E-state index >= 15 is 0 Å². The fraction of sp³-hybridized carbons (Fsp3) is 0.333. The molecule has 0 spiro atoms. The van der Waals surface area contributed by atoms with Gasteiger partial charge in [-0.25, -0.2) is 9.97 Å². The second kappa shape index (κ2) is 6.57. The summed E-state index contributed by atoms with van der Waals surface area (Å²) in [7, 11) is 0. The molecule has 5 heteroatoms. The normalized spacial score (nSPS) is 12.4. The molecule has 0 amide bonds. The molecule has 20 heavy (non-hydrogen) atoms. The Morgan fingerprint density at radius 1 is 1.15 bits per heavy atom. The van der Waals surface area contributed by atoms with Gasteiger partial charge in [0.1, 0.15) is 0 Å². The van der Waals surface area contributed by atoms with E-state index in [4.69, 9.17) is 17.3 Å². The molecule has 3 nitrogen and oxygen atoms in total. The molecule has 1 heterocycles. The quantitative estimate of drug-likeness (QED) is 0.688. The highest BCUT2D eigenvalue weighted by atomic mass is 35.5. The molecule has 1 aromatic carbocycles. The lowest BCUT2D eigenvalue weighted by Crippen LogP contribution is -2.11. The van der Waals surface area contributed by atoms with Crippen molar-refractivity contribution in [3.8, 4) is 0 Å². The lowest BCUT2D eigenvalue weighted by Gasteiger charge is -2.16. The summed E-state index contributed by atoms with van der Waals surface area (Å²) in [6.45, 7) is 6.53. The highest BCUT2D eigenvalue weighted by Gasteiger charge is 2.17. The summed E-state index contributed by atoms with van der Waals surface area (Å²) in [5.41, 5.74) is 10.1. The van der Waals surface area contributed by atoms with Crippen LogP contribution in [-0.2, 0) is 0 Å². The smallest absolute Gasteiger partial charge is 0.188 e. The molecule has 1 atom stereocenters. The minimum absolute atomic E-state index is 0.0604. The lowest BCUT2D eigenvalue weighted by atomic mass is 10.1. The lowest BCUT2D eigenvalue weighted by molar-refractivity contribution is 0.863. The van der Waals surface area contributed by atoms with Crippen molar-refractivity contribution in [2.75, 3.05) is 6.54 Å². The van der Waals surface area contributed by atoms with E-state index in [0.717, 1.165) is 32.7 Å². The van der Waals surface area contributed by atoms with Crippen LogP contribution >= 0.6 is 23.4 Å². The van der Waals surface area contributed by atoms with Crippen molar-refractivity contribution in [1.29, 1.82) is 0 Å². The molecule has 2 aromatic rings. The summed E-state index contributed by atoms with van der Waals surface area (Å²) < 4.78 is 0. The molecule has 0 fully saturated rings. The van der Waals surface area contributed by atoms with Crippen molar-refractivity contribution < 1.29 is 0 Å². The van der Waals surface area contributed by atoms with Crippen LogP contribution in [0.3, 0.4) is 0 Å². The van der Waals surface area contributed by atoms with E-state index in [1.807, 2.05) is 45.0 Å². The van der Waals surface area contributed by atoms with Gasteiger partial charge < -0.3 is 5.73 Å². The van der Waals surface area contributed by atoms with Gasteiger partial charge in [-0.2, -0.15) is 0 Å². The van der Waals surface area contributed by atoms with Gasteiger partial charge in [-0.05, 0) is 38.0 Å². The Morgan fingerprint density at radius 3 is 2.30 bits per heavy atom. The molecule has 0 saturated carbocycles. The fourth-order valence-corrected chi connectivity index (χ4v) is 3.29. The molecular formula is C15H18ClN3S. The minimum atomic E-state index is 0.0604. The van der Waals surface area contributed by atoms with E-state index in [9.17, 15) is 0 Å². The molecule has 2 N–H and O–H groups in total. The number of benzene rings is 1. The van der Waals surface area contributed by atoms with Crippen molar-refractivity contribution in [1.82, 2.24) is 9.97 Å². The number of thioether (sulfide) groups is 1. The number of rotatable bonds is 4. The first-order valence-corrected chi connectivity index (χ1v) is 7.71. The van der Waals surface area contributed by atoms with E-state index < -0.39 is 0 Å². The molecular weight excluding hydrogens is 290 g/mol. The first kappa shape index (κ1) is 15.3. The van der Waals surface area contributed by atoms with Gasteiger partial charge in [0.2, 0.25) is 0 Å². The summed E-state index contributed by atoms with van der Waals surface area (Å²) in [6.07, 6.45) is 0. The van der Waals surface area contributed by atoms with Gasteiger partial charge in [0, 0.05) is 23.0 Å². The zero-order valence-corrected chi connectivity index (χ0v) is 13.4. The Balaban J connectivity index is 2.30. The summed E-state index contributed by atoms with van der Waals surface area (Å²) in [6, 6.07) is 7.77. The van der Waals surface area contributed by atoms with Crippen LogP contribution in [-0.4, -0.2) is 16.5 Å². The van der Waals surface area contributed by atoms with Crippen molar-refractivity contribution >= 4 is 23.4 Å². The number of aromatic nitrogens is 2. The van der Waals surface area contributed by atoms with Gasteiger partial charge in [-0.15, -0.1) is 0 Å². The topological polar surface area (TPSA) is 51.8 Å². The average molecular weight is 308 g/mol. The van der Waals surface area contributed by atoms with Gasteiger partial charge in [0.15, 0.2) is 5.16 Å². The number of aryl methyl sites for hydroxylation is 2. The fourth-order valence-electron chi connectivity index (χ4n) is 1.90. The van der Waals surface area contributed by atoms with Gasteiger partial charge in [-0.3, -0.25) is 0 Å². The van der Waals surface area contributed by atoms with Crippen LogP contribution in [0.4, 0.5) is 0 Å². The predicted molar refractivity (Wildman–Crippen MR) is 85.3 cm³/mol.